The minimum atomic E-state index is 0.764. The molecule has 0 bridgehead atoms. The van der Waals surface area contributed by atoms with Crippen LogP contribution in [0.1, 0.15) is 5.69 Å². The molecular formula is C9H9BN2. The van der Waals surface area contributed by atoms with Gasteiger partial charge < -0.3 is 0 Å². The zero-order chi connectivity index (χ0) is 8.72. The van der Waals surface area contributed by atoms with E-state index in [1.165, 1.54) is 11.1 Å². The predicted molar refractivity (Wildman–Crippen MR) is 50.8 cm³/mol. The Morgan fingerprint density at radius 3 is 2.92 bits per heavy atom. The van der Waals surface area contributed by atoms with E-state index < -0.39 is 0 Å². The standard InChI is InChI=1S/C9H9BN2/c1-6-8-4-3-7(10)5-9(8)11-12(6)2/h3-5H,1-2H3. The molecule has 0 N–H and O–H groups in total. The van der Waals surface area contributed by atoms with Crippen molar-refractivity contribution in [3.05, 3.63) is 23.9 Å². The molecule has 2 rings (SSSR count). The molecule has 2 radical (unpaired) electrons. The number of nitrogens with zero attached hydrogens (tertiary/aromatic N) is 2. The Morgan fingerprint density at radius 2 is 2.17 bits per heavy atom. The van der Waals surface area contributed by atoms with E-state index in [1.807, 2.05) is 36.9 Å². The lowest BCUT2D eigenvalue weighted by molar-refractivity contribution is 0.751. The first-order valence-electron chi connectivity index (χ1n) is 3.87. The number of aromatic nitrogens is 2. The van der Waals surface area contributed by atoms with Gasteiger partial charge in [-0.15, -0.1) is 0 Å². The summed E-state index contributed by atoms with van der Waals surface area (Å²) in [6.45, 7) is 2.05. The zero-order valence-corrected chi connectivity index (χ0v) is 7.20. The summed E-state index contributed by atoms with van der Waals surface area (Å²) in [6, 6.07) is 5.80. The molecule has 1 aromatic carbocycles. The lowest BCUT2D eigenvalue weighted by Crippen LogP contribution is -1.99. The maximum Gasteiger partial charge on any atom is 0.113 e. The molecule has 0 aliphatic carbocycles. The molecule has 0 aliphatic rings. The van der Waals surface area contributed by atoms with Gasteiger partial charge >= 0.3 is 0 Å². The summed E-state index contributed by atoms with van der Waals surface area (Å²) < 4.78 is 1.87. The van der Waals surface area contributed by atoms with Crippen molar-refractivity contribution in [3.63, 3.8) is 0 Å². The van der Waals surface area contributed by atoms with Crippen LogP contribution in [0.25, 0.3) is 10.9 Å². The smallest absolute Gasteiger partial charge is 0.113 e. The van der Waals surface area contributed by atoms with E-state index in [0.717, 1.165) is 11.0 Å². The maximum atomic E-state index is 5.63. The Morgan fingerprint density at radius 1 is 1.42 bits per heavy atom. The first-order valence-corrected chi connectivity index (χ1v) is 3.87. The highest BCUT2D eigenvalue weighted by Gasteiger charge is 2.02. The minimum absolute atomic E-state index is 0.764. The molecule has 0 unspecified atom stereocenters. The SMILES string of the molecule is [B]c1ccc2c(C)n(C)nc2c1. The number of hydrogen-bond acceptors (Lipinski definition) is 1. The van der Waals surface area contributed by atoms with E-state index in [1.54, 1.807) is 0 Å². The second-order valence-corrected chi connectivity index (χ2v) is 2.99. The Balaban J connectivity index is 2.87. The highest BCUT2D eigenvalue weighted by atomic mass is 15.3. The highest BCUT2D eigenvalue weighted by molar-refractivity contribution is 6.33. The first-order chi connectivity index (χ1) is 5.68. The summed E-state index contributed by atoms with van der Waals surface area (Å²) in [6.07, 6.45) is 0. The first kappa shape index (κ1) is 7.41. The Bertz CT molecular complexity index is 431. The molecule has 1 heterocycles. The fourth-order valence-corrected chi connectivity index (χ4v) is 1.35. The topological polar surface area (TPSA) is 17.8 Å². The molecule has 0 aliphatic heterocycles. The lowest BCUT2D eigenvalue weighted by Gasteiger charge is -1.92. The molecule has 3 heteroatoms. The molecule has 1 aromatic heterocycles. The van der Waals surface area contributed by atoms with Crippen molar-refractivity contribution in [1.82, 2.24) is 9.78 Å². The Kier molecular flexibility index (Phi) is 1.46. The van der Waals surface area contributed by atoms with E-state index in [0.29, 0.717) is 0 Å². The van der Waals surface area contributed by atoms with Crippen molar-refractivity contribution in [1.29, 1.82) is 0 Å². The molecular weight excluding hydrogens is 147 g/mol. The van der Waals surface area contributed by atoms with Crippen LogP contribution in [-0.4, -0.2) is 17.6 Å². The molecule has 0 atom stereocenters. The average molecular weight is 156 g/mol. The summed E-state index contributed by atoms with van der Waals surface area (Å²) in [5.41, 5.74) is 2.90. The van der Waals surface area contributed by atoms with Crippen molar-refractivity contribution < 1.29 is 0 Å². The van der Waals surface area contributed by atoms with E-state index in [-0.39, 0.29) is 0 Å². The Hall–Kier alpha value is -1.25. The van der Waals surface area contributed by atoms with E-state index in [2.05, 4.69) is 5.10 Å². The van der Waals surface area contributed by atoms with Crippen molar-refractivity contribution in [3.8, 4) is 0 Å². The largest absolute Gasteiger partial charge is 0.272 e. The van der Waals surface area contributed by atoms with Gasteiger partial charge in [-0.05, 0) is 13.0 Å². The molecule has 2 nitrogen and oxygen atoms in total. The van der Waals surface area contributed by atoms with Crippen LogP contribution in [0, 0.1) is 6.92 Å². The average Bonchev–Trinajstić information content (AvgIpc) is 2.28. The van der Waals surface area contributed by atoms with Crippen LogP contribution < -0.4 is 5.46 Å². The molecule has 0 fully saturated rings. The van der Waals surface area contributed by atoms with Crippen LogP contribution in [-0.2, 0) is 7.05 Å². The van der Waals surface area contributed by atoms with E-state index in [9.17, 15) is 0 Å². The van der Waals surface area contributed by atoms with Gasteiger partial charge in [-0.1, -0.05) is 17.6 Å². The highest BCUT2D eigenvalue weighted by Crippen LogP contribution is 2.14. The molecule has 58 valence electrons. The van der Waals surface area contributed by atoms with Crippen LogP contribution in [0.5, 0.6) is 0 Å². The van der Waals surface area contributed by atoms with Gasteiger partial charge in [0.05, 0.1) is 5.52 Å². The third-order valence-corrected chi connectivity index (χ3v) is 2.15. The summed E-state index contributed by atoms with van der Waals surface area (Å²) in [5.74, 6) is 0. The molecule has 2 aromatic rings. The number of fused-ring (bicyclic) bond motifs is 1. The summed E-state index contributed by atoms with van der Waals surface area (Å²) in [7, 11) is 7.57. The number of rotatable bonds is 0. The van der Waals surface area contributed by atoms with Gasteiger partial charge in [0.25, 0.3) is 0 Å². The molecule has 0 amide bonds. The molecule has 0 spiro atoms. The van der Waals surface area contributed by atoms with E-state index in [4.69, 9.17) is 7.85 Å². The van der Waals surface area contributed by atoms with Gasteiger partial charge in [0.15, 0.2) is 0 Å². The fraction of sp³-hybridized carbons (Fsp3) is 0.222. The van der Waals surface area contributed by atoms with Crippen LogP contribution in [0.2, 0.25) is 0 Å². The number of hydrogen-bond donors (Lipinski definition) is 0. The normalized spacial score (nSPS) is 10.8. The maximum absolute atomic E-state index is 5.63. The van der Waals surface area contributed by atoms with Crippen molar-refractivity contribution in [2.24, 2.45) is 7.05 Å². The third-order valence-electron chi connectivity index (χ3n) is 2.15. The van der Waals surface area contributed by atoms with Crippen LogP contribution in [0.15, 0.2) is 18.2 Å². The summed E-state index contributed by atoms with van der Waals surface area (Å²) in [4.78, 5) is 0. The van der Waals surface area contributed by atoms with Gasteiger partial charge in [-0.25, -0.2) is 0 Å². The third kappa shape index (κ3) is 0.933. The van der Waals surface area contributed by atoms with Gasteiger partial charge in [0.1, 0.15) is 7.85 Å². The van der Waals surface area contributed by atoms with Crippen molar-refractivity contribution >= 4 is 24.2 Å². The minimum Gasteiger partial charge on any atom is -0.272 e. The van der Waals surface area contributed by atoms with Gasteiger partial charge in [0, 0.05) is 18.1 Å². The quantitative estimate of drug-likeness (QED) is 0.512. The predicted octanol–water partition coefficient (Wildman–Crippen LogP) is 0.676. The summed E-state index contributed by atoms with van der Waals surface area (Å²) >= 11 is 0. The van der Waals surface area contributed by atoms with Gasteiger partial charge in [-0.3, -0.25) is 4.68 Å². The second-order valence-electron chi connectivity index (χ2n) is 2.99. The van der Waals surface area contributed by atoms with Crippen molar-refractivity contribution in [2.75, 3.05) is 0 Å². The number of aryl methyl sites for hydroxylation is 2. The second kappa shape index (κ2) is 2.37. The molecule has 0 saturated heterocycles. The molecule has 0 saturated carbocycles. The van der Waals surface area contributed by atoms with Crippen LogP contribution in [0.4, 0.5) is 0 Å². The van der Waals surface area contributed by atoms with Gasteiger partial charge in [0.2, 0.25) is 0 Å². The monoisotopic (exact) mass is 156 g/mol. The lowest BCUT2D eigenvalue weighted by atomic mass is 9.95. The Labute approximate surface area is 72.6 Å². The van der Waals surface area contributed by atoms with Crippen LogP contribution >= 0.6 is 0 Å². The van der Waals surface area contributed by atoms with E-state index >= 15 is 0 Å². The van der Waals surface area contributed by atoms with Crippen LogP contribution in [0.3, 0.4) is 0 Å². The van der Waals surface area contributed by atoms with Crippen molar-refractivity contribution in [2.45, 2.75) is 6.92 Å². The summed E-state index contributed by atoms with van der Waals surface area (Å²) in [5, 5.41) is 5.48. The molecule has 12 heavy (non-hydrogen) atoms. The fourth-order valence-electron chi connectivity index (χ4n) is 1.35. The zero-order valence-electron chi connectivity index (χ0n) is 7.20. The number of benzene rings is 1. The van der Waals surface area contributed by atoms with Gasteiger partial charge in [-0.2, -0.15) is 5.10 Å².